The number of rotatable bonds is 1. The van der Waals surface area contributed by atoms with Gasteiger partial charge < -0.3 is 9.84 Å². The Morgan fingerprint density at radius 1 is 1.67 bits per heavy atom. The van der Waals surface area contributed by atoms with Crippen LogP contribution in [0.25, 0.3) is 0 Å². The third-order valence-corrected chi connectivity index (χ3v) is 0.249. The van der Waals surface area contributed by atoms with Gasteiger partial charge in [-0.05, 0) is 0 Å². The third kappa shape index (κ3) is 40.7. The van der Waals surface area contributed by atoms with Gasteiger partial charge in [0.1, 0.15) is 0 Å². The lowest BCUT2D eigenvalue weighted by Gasteiger charge is -1.83. The van der Waals surface area contributed by atoms with Crippen LogP contribution >= 0.6 is 0 Å². The minimum Gasteiger partial charge on any atom is -0.435 e. The van der Waals surface area contributed by atoms with E-state index in [1.165, 1.54) is 6.92 Å². The summed E-state index contributed by atoms with van der Waals surface area (Å²) in [5.74, 6) is -0.329. The van der Waals surface area contributed by atoms with Gasteiger partial charge in [-0.3, -0.25) is 4.79 Å². The zero-order valence-electron chi connectivity index (χ0n) is 5.05. The van der Waals surface area contributed by atoms with E-state index in [1.54, 1.807) is 0 Å². The first-order chi connectivity index (χ1) is 3.77. The molecule has 3 nitrogen and oxygen atoms in total. The fourth-order valence-electron chi connectivity index (χ4n) is 0.117. The summed E-state index contributed by atoms with van der Waals surface area (Å²) in [5, 5.41) is 7.00. The van der Waals surface area contributed by atoms with Crippen molar-refractivity contribution in [2.45, 2.75) is 14.4 Å². The molecule has 0 aliphatic rings. The van der Waals surface area contributed by atoms with E-state index in [4.69, 9.17) is 5.11 Å². The molecular formula is C6H14O3. The number of hydrogen-bond acceptors (Lipinski definition) is 3. The molecule has 9 heavy (non-hydrogen) atoms. The maximum Gasteiger partial charge on any atom is 0.307 e. The van der Waals surface area contributed by atoms with Gasteiger partial charge in [-0.2, -0.15) is 0 Å². The summed E-state index contributed by atoms with van der Waals surface area (Å²) in [7, 11) is 1.00. The van der Waals surface area contributed by atoms with Crippen molar-refractivity contribution in [3.05, 3.63) is 12.8 Å². The molecule has 0 aromatic heterocycles. The first-order valence-electron chi connectivity index (χ1n) is 2.00. The second kappa shape index (κ2) is 15.7. The van der Waals surface area contributed by atoms with Crippen molar-refractivity contribution < 1.29 is 14.6 Å². The Morgan fingerprint density at radius 2 is 2.00 bits per heavy atom. The van der Waals surface area contributed by atoms with Gasteiger partial charge in [0.25, 0.3) is 0 Å². The molecule has 0 atom stereocenters. The normalized spacial score (nSPS) is 5.22. The van der Waals surface area contributed by atoms with Gasteiger partial charge in [-0.1, -0.05) is 14.0 Å². The second-order valence-corrected chi connectivity index (χ2v) is 0.776. The van der Waals surface area contributed by atoms with E-state index in [-0.39, 0.29) is 13.4 Å². The summed E-state index contributed by atoms with van der Waals surface area (Å²) in [6.45, 7) is 4.48. The van der Waals surface area contributed by atoms with Crippen LogP contribution in [0.4, 0.5) is 0 Å². The number of hydrogen-bond donors (Lipinski definition) is 1. The van der Waals surface area contributed by atoms with E-state index in [0.717, 1.165) is 13.4 Å². The fourth-order valence-corrected chi connectivity index (χ4v) is 0.117. The summed E-state index contributed by atoms with van der Waals surface area (Å²) in [6, 6.07) is 0. The number of carbonyl (C=O) groups excluding carboxylic acids is 1. The summed E-state index contributed by atoms with van der Waals surface area (Å²) in [6.07, 6.45) is 1.10. The highest BCUT2D eigenvalue weighted by Crippen LogP contribution is 1.70. The maximum absolute atomic E-state index is 9.75. The van der Waals surface area contributed by atoms with Gasteiger partial charge >= 0.3 is 5.97 Å². The molecule has 0 aliphatic heterocycles. The quantitative estimate of drug-likeness (QED) is 0.429. The Bertz CT molecular complexity index is 68.7. The topological polar surface area (TPSA) is 46.5 Å². The van der Waals surface area contributed by atoms with Crippen LogP contribution < -0.4 is 0 Å². The van der Waals surface area contributed by atoms with Crippen molar-refractivity contribution in [2.75, 3.05) is 7.11 Å². The number of aliphatic hydroxyl groups excluding tert-OH is 1. The Balaban J connectivity index is -0.000000109. The predicted octanol–water partition coefficient (Wildman–Crippen LogP) is 0.938. The van der Waals surface area contributed by atoms with Crippen molar-refractivity contribution in [2.24, 2.45) is 0 Å². The van der Waals surface area contributed by atoms with Crippen molar-refractivity contribution >= 4 is 5.97 Å². The first kappa shape index (κ1) is 15.7. The zero-order chi connectivity index (χ0) is 6.99. The second-order valence-electron chi connectivity index (χ2n) is 0.776. The number of carbonyl (C=O) groups is 1. The molecule has 0 bridgehead atoms. The van der Waals surface area contributed by atoms with E-state index < -0.39 is 0 Å². The molecule has 0 saturated heterocycles. The smallest absolute Gasteiger partial charge is 0.307 e. The summed E-state index contributed by atoms with van der Waals surface area (Å²) in [4.78, 5) is 9.75. The molecule has 0 spiro atoms. The minimum atomic E-state index is -0.329. The standard InChI is InChI=1S/C4H6O2.CH4O.CH4/c1-3-6-4(2)5;1-2;/h3H,1H2,2H3;2H,1H3;1H4. The van der Waals surface area contributed by atoms with Gasteiger partial charge in [0.15, 0.2) is 0 Å². The van der Waals surface area contributed by atoms with E-state index in [1.807, 2.05) is 0 Å². The molecule has 0 fully saturated rings. The van der Waals surface area contributed by atoms with Gasteiger partial charge in [0, 0.05) is 14.0 Å². The molecule has 3 heteroatoms. The van der Waals surface area contributed by atoms with Crippen molar-refractivity contribution in [1.82, 2.24) is 0 Å². The van der Waals surface area contributed by atoms with Crippen LogP contribution in [0.2, 0.25) is 0 Å². The van der Waals surface area contributed by atoms with Gasteiger partial charge in [0.2, 0.25) is 0 Å². The van der Waals surface area contributed by atoms with Gasteiger partial charge in [-0.25, -0.2) is 0 Å². The Morgan fingerprint density at radius 3 is 2.00 bits per heavy atom. The lowest BCUT2D eigenvalue weighted by atomic mass is 10.8. The summed E-state index contributed by atoms with van der Waals surface area (Å²) >= 11 is 0. The average molecular weight is 134 g/mol. The molecule has 56 valence electrons. The molecule has 0 rings (SSSR count). The lowest BCUT2D eigenvalue weighted by molar-refractivity contribution is -0.135. The molecular weight excluding hydrogens is 120 g/mol. The Hall–Kier alpha value is -0.830. The molecule has 0 radical (unpaired) electrons. The monoisotopic (exact) mass is 134 g/mol. The van der Waals surface area contributed by atoms with E-state index in [0.29, 0.717) is 0 Å². The molecule has 0 unspecified atom stereocenters. The van der Waals surface area contributed by atoms with E-state index in [9.17, 15) is 4.79 Å². The van der Waals surface area contributed by atoms with Crippen LogP contribution in [-0.4, -0.2) is 18.2 Å². The SMILES string of the molecule is C.C=COC(C)=O.CO. The number of ether oxygens (including phenoxy) is 1. The molecule has 0 aromatic rings. The molecule has 1 N–H and O–H groups in total. The number of esters is 1. The molecule has 0 heterocycles. The molecule has 0 amide bonds. The Labute approximate surface area is 56.0 Å². The van der Waals surface area contributed by atoms with E-state index >= 15 is 0 Å². The van der Waals surface area contributed by atoms with Crippen LogP contribution in [0.5, 0.6) is 0 Å². The van der Waals surface area contributed by atoms with Crippen molar-refractivity contribution in [3.8, 4) is 0 Å². The third-order valence-electron chi connectivity index (χ3n) is 0.249. The highest BCUT2D eigenvalue weighted by molar-refractivity contribution is 5.66. The van der Waals surface area contributed by atoms with E-state index in [2.05, 4.69) is 11.3 Å². The number of aliphatic hydroxyl groups is 1. The molecule has 0 aromatic carbocycles. The highest BCUT2D eigenvalue weighted by Gasteiger charge is 1.79. The fraction of sp³-hybridized carbons (Fsp3) is 0.500. The first-order valence-corrected chi connectivity index (χ1v) is 2.00. The molecule has 0 aliphatic carbocycles. The largest absolute Gasteiger partial charge is 0.435 e. The van der Waals surface area contributed by atoms with Crippen LogP contribution in [0.1, 0.15) is 14.4 Å². The average Bonchev–Trinajstić information content (AvgIpc) is 1.72. The predicted molar refractivity (Wildman–Crippen MR) is 36.8 cm³/mol. The van der Waals surface area contributed by atoms with Gasteiger partial charge in [0.05, 0.1) is 6.26 Å². The van der Waals surface area contributed by atoms with Crippen LogP contribution in [-0.2, 0) is 9.53 Å². The van der Waals surface area contributed by atoms with Crippen molar-refractivity contribution in [1.29, 1.82) is 0 Å². The summed E-state index contributed by atoms with van der Waals surface area (Å²) in [5.41, 5.74) is 0. The maximum atomic E-state index is 9.75. The van der Waals surface area contributed by atoms with Crippen molar-refractivity contribution in [3.63, 3.8) is 0 Å². The van der Waals surface area contributed by atoms with Crippen LogP contribution in [0.3, 0.4) is 0 Å². The van der Waals surface area contributed by atoms with Crippen LogP contribution in [0.15, 0.2) is 12.8 Å². The van der Waals surface area contributed by atoms with Crippen LogP contribution in [0, 0.1) is 0 Å². The van der Waals surface area contributed by atoms with Gasteiger partial charge in [-0.15, -0.1) is 0 Å². The Kier molecular flexibility index (Phi) is 27.4. The highest BCUT2D eigenvalue weighted by atomic mass is 16.5. The lowest BCUT2D eigenvalue weighted by Crippen LogP contribution is -1.87. The molecule has 0 saturated carbocycles. The minimum absolute atomic E-state index is 0. The zero-order valence-corrected chi connectivity index (χ0v) is 5.05. The summed E-state index contributed by atoms with van der Waals surface area (Å²) < 4.78 is 4.17.